The maximum atomic E-state index is 12.3. The van der Waals surface area contributed by atoms with E-state index < -0.39 is 30.1 Å². The minimum atomic E-state index is -1.41. The smallest absolute Gasteiger partial charge is 0.430 e. The summed E-state index contributed by atoms with van der Waals surface area (Å²) in [5.74, 6) is 0. The third kappa shape index (κ3) is 5.64. The van der Waals surface area contributed by atoms with Crippen molar-refractivity contribution < 1.29 is 33.3 Å². The Morgan fingerprint density at radius 3 is 1.76 bits per heavy atom. The number of rotatable bonds is 10. The van der Waals surface area contributed by atoms with Gasteiger partial charge in [0.25, 0.3) is 0 Å². The summed E-state index contributed by atoms with van der Waals surface area (Å²) < 4.78 is 30.1. The maximum absolute atomic E-state index is 12.3. The van der Waals surface area contributed by atoms with E-state index in [4.69, 9.17) is 23.7 Å². The average molecular weight is 501 g/mol. The predicted octanol–water partition coefficient (Wildman–Crippen LogP) is 4.79. The Labute approximate surface area is 215 Å². The van der Waals surface area contributed by atoms with Gasteiger partial charge in [-0.2, -0.15) is 0 Å². The van der Waals surface area contributed by atoms with Crippen molar-refractivity contribution >= 4 is 12.4 Å². The highest BCUT2D eigenvalue weighted by Crippen LogP contribution is 2.41. The molecular weight excluding hydrogens is 472 g/mol. The number of cyclic esters (lactones) is 1. The number of carbonyl (C=O) groups excluding carboxylic acids is 2. The quantitative estimate of drug-likeness (QED) is 0.293. The van der Waals surface area contributed by atoms with Gasteiger partial charge >= 0.3 is 6.16 Å². The van der Waals surface area contributed by atoms with Gasteiger partial charge in [-0.1, -0.05) is 91.0 Å². The average Bonchev–Trinajstić information content (AvgIpc) is 3.33. The van der Waals surface area contributed by atoms with Crippen LogP contribution >= 0.6 is 0 Å². The van der Waals surface area contributed by atoms with E-state index in [1.54, 1.807) is 6.08 Å². The van der Waals surface area contributed by atoms with Crippen molar-refractivity contribution in [3.8, 4) is 0 Å². The number of carbonyl (C=O) groups is 2. The lowest BCUT2D eigenvalue weighted by Crippen LogP contribution is -2.63. The third-order valence-corrected chi connectivity index (χ3v) is 6.53. The molecule has 4 atom stereocenters. The van der Waals surface area contributed by atoms with Gasteiger partial charge in [0, 0.05) is 5.57 Å². The zero-order chi connectivity index (χ0) is 25.5. The number of ether oxygens (including phenoxy) is 5. The molecule has 0 aromatic heterocycles. The molecule has 5 rings (SSSR count). The van der Waals surface area contributed by atoms with Gasteiger partial charge in [-0.25, -0.2) is 4.79 Å². The standard InChI is InChI=1S/C30H28O7/c31-17-25-16-26(33-18-22-10-4-1-5-11-22)28(35-20-24-14-8-3-9-15-24)30(21-36-29(32)37-30)27(25)34-19-23-12-6-2-7-13-23/h1-17,26-28H,18-21H2/t26-,27+,28-,30+/m0/s1. The highest BCUT2D eigenvalue weighted by atomic mass is 16.8. The molecule has 2 aliphatic rings. The summed E-state index contributed by atoms with van der Waals surface area (Å²) in [5.41, 5.74) is 1.72. The molecule has 1 aliphatic carbocycles. The summed E-state index contributed by atoms with van der Waals surface area (Å²) in [4.78, 5) is 24.6. The molecule has 0 saturated carbocycles. The molecule has 7 heteroatoms. The zero-order valence-electron chi connectivity index (χ0n) is 20.2. The monoisotopic (exact) mass is 500 g/mol. The molecular formula is C30H28O7. The topological polar surface area (TPSA) is 80.3 Å². The first-order chi connectivity index (χ1) is 18.2. The first-order valence-corrected chi connectivity index (χ1v) is 12.2. The second-order valence-corrected chi connectivity index (χ2v) is 9.04. The number of hydrogen-bond donors (Lipinski definition) is 0. The molecule has 1 spiro atoms. The Morgan fingerprint density at radius 1 is 0.757 bits per heavy atom. The molecule has 1 saturated heterocycles. The molecule has 0 unspecified atom stereocenters. The lowest BCUT2D eigenvalue weighted by atomic mass is 9.78. The van der Waals surface area contributed by atoms with Crippen molar-refractivity contribution in [2.24, 2.45) is 0 Å². The van der Waals surface area contributed by atoms with E-state index in [1.165, 1.54) is 0 Å². The van der Waals surface area contributed by atoms with E-state index in [9.17, 15) is 9.59 Å². The predicted molar refractivity (Wildman–Crippen MR) is 134 cm³/mol. The van der Waals surface area contributed by atoms with Gasteiger partial charge in [-0.15, -0.1) is 0 Å². The Morgan fingerprint density at radius 2 is 1.27 bits per heavy atom. The Kier molecular flexibility index (Phi) is 7.75. The van der Waals surface area contributed by atoms with E-state index in [1.807, 2.05) is 91.0 Å². The number of aldehydes is 1. The molecule has 190 valence electrons. The lowest BCUT2D eigenvalue weighted by molar-refractivity contribution is -0.201. The second kappa shape index (κ2) is 11.5. The molecule has 7 nitrogen and oxygen atoms in total. The van der Waals surface area contributed by atoms with Gasteiger partial charge in [0.1, 0.15) is 31.2 Å². The van der Waals surface area contributed by atoms with Crippen molar-refractivity contribution in [2.75, 3.05) is 6.61 Å². The minimum absolute atomic E-state index is 0.138. The Hall–Kier alpha value is -3.78. The minimum Gasteiger partial charge on any atom is -0.430 e. The second-order valence-electron chi connectivity index (χ2n) is 9.04. The molecule has 1 heterocycles. The van der Waals surface area contributed by atoms with Gasteiger partial charge in [-0.05, 0) is 22.8 Å². The molecule has 0 bridgehead atoms. The largest absolute Gasteiger partial charge is 0.509 e. The van der Waals surface area contributed by atoms with Crippen LogP contribution < -0.4 is 0 Å². The maximum Gasteiger partial charge on any atom is 0.509 e. The lowest BCUT2D eigenvalue weighted by Gasteiger charge is -2.45. The van der Waals surface area contributed by atoms with Crippen LogP contribution in [0.1, 0.15) is 16.7 Å². The summed E-state index contributed by atoms with van der Waals surface area (Å²) in [6.07, 6.45) is -0.818. The molecule has 3 aromatic carbocycles. The first-order valence-electron chi connectivity index (χ1n) is 12.2. The molecule has 1 fully saturated rings. The van der Waals surface area contributed by atoms with Crippen LogP contribution in [-0.4, -0.2) is 43.0 Å². The van der Waals surface area contributed by atoms with Gasteiger partial charge in [-0.3, -0.25) is 4.79 Å². The summed E-state index contributed by atoms with van der Waals surface area (Å²) in [6.45, 7) is 0.587. The van der Waals surface area contributed by atoms with Crippen molar-refractivity contribution in [1.29, 1.82) is 0 Å². The fourth-order valence-corrected chi connectivity index (χ4v) is 4.72. The highest BCUT2D eigenvalue weighted by Gasteiger charge is 2.62. The molecule has 0 N–H and O–H groups in total. The molecule has 37 heavy (non-hydrogen) atoms. The van der Waals surface area contributed by atoms with Crippen LogP contribution in [0.4, 0.5) is 4.79 Å². The van der Waals surface area contributed by atoms with E-state index in [-0.39, 0.29) is 26.4 Å². The first kappa shape index (κ1) is 24.9. The van der Waals surface area contributed by atoms with E-state index in [0.717, 1.165) is 23.0 Å². The van der Waals surface area contributed by atoms with Crippen molar-refractivity contribution in [2.45, 2.75) is 43.7 Å². The summed E-state index contributed by atoms with van der Waals surface area (Å²) in [6, 6.07) is 28.9. The summed E-state index contributed by atoms with van der Waals surface area (Å²) in [7, 11) is 0. The molecule has 3 aromatic rings. The van der Waals surface area contributed by atoms with E-state index in [2.05, 4.69) is 0 Å². The molecule has 1 aliphatic heterocycles. The molecule has 0 radical (unpaired) electrons. The van der Waals surface area contributed by atoms with Gasteiger partial charge < -0.3 is 23.7 Å². The van der Waals surface area contributed by atoms with Crippen LogP contribution in [0.5, 0.6) is 0 Å². The Balaban J connectivity index is 1.48. The van der Waals surface area contributed by atoms with Crippen LogP contribution in [0.3, 0.4) is 0 Å². The summed E-state index contributed by atoms with van der Waals surface area (Å²) >= 11 is 0. The zero-order valence-corrected chi connectivity index (χ0v) is 20.2. The van der Waals surface area contributed by atoms with Gasteiger partial charge in [0.15, 0.2) is 0 Å². The normalized spacial score (nSPS) is 24.8. The van der Waals surface area contributed by atoms with Crippen LogP contribution in [0.15, 0.2) is 103 Å². The van der Waals surface area contributed by atoms with E-state index >= 15 is 0 Å². The van der Waals surface area contributed by atoms with Crippen LogP contribution in [0, 0.1) is 0 Å². The van der Waals surface area contributed by atoms with Gasteiger partial charge in [0.2, 0.25) is 5.60 Å². The fourth-order valence-electron chi connectivity index (χ4n) is 4.72. The highest BCUT2D eigenvalue weighted by molar-refractivity contribution is 5.77. The fraction of sp³-hybridized carbons (Fsp3) is 0.267. The van der Waals surface area contributed by atoms with Crippen LogP contribution in [-0.2, 0) is 48.3 Å². The number of hydrogen-bond acceptors (Lipinski definition) is 7. The van der Waals surface area contributed by atoms with Crippen LogP contribution in [0.2, 0.25) is 0 Å². The van der Waals surface area contributed by atoms with Crippen molar-refractivity contribution in [3.63, 3.8) is 0 Å². The van der Waals surface area contributed by atoms with Gasteiger partial charge in [0.05, 0.1) is 19.8 Å². The van der Waals surface area contributed by atoms with Crippen molar-refractivity contribution in [3.05, 3.63) is 119 Å². The number of benzene rings is 3. The SMILES string of the molecule is O=CC1=C[C@H](OCc2ccccc2)[C@H](OCc2ccccc2)[C@@]2(COC(=O)O2)[C@@H]1OCc1ccccc1. The molecule has 0 amide bonds. The van der Waals surface area contributed by atoms with Crippen LogP contribution in [0.25, 0.3) is 0 Å². The Bertz CT molecular complexity index is 1210. The van der Waals surface area contributed by atoms with Crippen molar-refractivity contribution in [1.82, 2.24) is 0 Å². The summed E-state index contributed by atoms with van der Waals surface area (Å²) in [5, 5.41) is 0. The third-order valence-electron chi connectivity index (χ3n) is 6.53. The van der Waals surface area contributed by atoms with E-state index in [0.29, 0.717) is 5.57 Å².